The van der Waals surface area contributed by atoms with Gasteiger partial charge in [-0.05, 0) is 19.3 Å². The van der Waals surface area contributed by atoms with Crippen LogP contribution in [0.3, 0.4) is 0 Å². The van der Waals surface area contributed by atoms with Crippen LogP contribution in [0.25, 0.3) is 0 Å². The van der Waals surface area contributed by atoms with E-state index in [0.717, 1.165) is 19.3 Å². The Hall–Kier alpha value is -0.0500. The molecule has 0 spiro atoms. The molecule has 0 amide bonds. The van der Waals surface area contributed by atoms with Crippen molar-refractivity contribution in [1.82, 2.24) is 0 Å². The van der Waals surface area contributed by atoms with Crippen molar-refractivity contribution >= 4 is 21.9 Å². The molecule has 11 heavy (non-hydrogen) atoms. The van der Waals surface area contributed by atoms with Gasteiger partial charge in [-0.25, -0.2) is 0 Å². The summed E-state index contributed by atoms with van der Waals surface area (Å²) < 4.78 is 4.99. The largest absolute Gasteiger partial charge is 0.465 e. The van der Waals surface area contributed by atoms with E-state index in [1.165, 1.54) is 0 Å². The Labute approximate surface area is 74.4 Å². The smallest absolute Gasteiger partial charge is 0.309 e. The van der Waals surface area contributed by atoms with E-state index in [1.807, 2.05) is 0 Å². The maximum atomic E-state index is 11.1. The molecule has 0 aromatic rings. The number of hydrogen-bond acceptors (Lipinski definition) is 2. The monoisotopic (exact) mass is 218 g/mol. The second kappa shape index (κ2) is 2.77. The second-order valence-electron chi connectivity index (χ2n) is 3.41. The van der Waals surface area contributed by atoms with Gasteiger partial charge in [0.1, 0.15) is 0 Å². The molecular weight excluding hydrogens is 208 g/mol. The van der Waals surface area contributed by atoms with Gasteiger partial charge in [0.2, 0.25) is 0 Å². The number of alkyl halides is 1. The molecule has 62 valence electrons. The molecule has 3 unspecified atom stereocenters. The highest BCUT2D eigenvalue weighted by molar-refractivity contribution is 9.09. The van der Waals surface area contributed by atoms with Crippen molar-refractivity contribution in [2.75, 3.05) is 6.61 Å². The van der Waals surface area contributed by atoms with Crippen molar-refractivity contribution in [3.63, 3.8) is 0 Å². The molecular formula is C8H11BrO2. The molecule has 2 rings (SSSR count). The fraction of sp³-hybridized carbons (Fsp3) is 0.875. The number of rotatable bonds is 0. The van der Waals surface area contributed by atoms with Crippen molar-refractivity contribution in [3.05, 3.63) is 0 Å². The minimum atomic E-state index is 0.0365. The number of hydrogen-bond donors (Lipinski definition) is 0. The number of fused-ring (bicyclic) bond motifs is 1. The molecule has 1 aliphatic heterocycles. The van der Waals surface area contributed by atoms with Crippen molar-refractivity contribution in [2.24, 2.45) is 11.8 Å². The highest BCUT2D eigenvalue weighted by Crippen LogP contribution is 2.38. The Balaban J connectivity index is 2.06. The molecule has 3 atom stereocenters. The van der Waals surface area contributed by atoms with Gasteiger partial charge < -0.3 is 4.74 Å². The van der Waals surface area contributed by atoms with Crippen molar-refractivity contribution < 1.29 is 9.53 Å². The van der Waals surface area contributed by atoms with Gasteiger partial charge in [-0.15, -0.1) is 0 Å². The number of cyclic esters (lactones) is 1. The number of carbonyl (C=O) groups excluding carboxylic acids is 1. The lowest BCUT2D eigenvalue weighted by Crippen LogP contribution is -2.25. The summed E-state index contributed by atoms with van der Waals surface area (Å²) in [6, 6.07) is 0. The Morgan fingerprint density at radius 3 is 3.09 bits per heavy atom. The molecule has 2 aliphatic rings. The van der Waals surface area contributed by atoms with Crippen LogP contribution in [0.15, 0.2) is 0 Å². The van der Waals surface area contributed by atoms with Gasteiger partial charge in [0.25, 0.3) is 0 Å². The average molecular weight is 219 g/mol. The first-order valence-electron chi connectivity index (χ1n) is 4.08. The molecule has 1 saturated carbocycles. The second-order valence-corrected chi connectivity index (χ2v) is 4.70. The molecule has 1 saturated heterocycles. The third-order valence-corrected chi connectivity index (χ3v) is 3.49. The van der Waals surface area contributed by atoms with Gasteiger partial charge in [-0.3, -0.25) is 4.79 Å². The maximum Gasteiger partial charge on any atom is 0.309 e. The van der Waals surface area contributed by atoms with Crippen LogP contribution in [0.1, 0.15) is 19.3 Å². The molecule has 2 nitrogen and oxygen atoms in total. The van der Waals surface area contributed by atoms with Crippen molar-refractivity contribution in [1.29, 1.82) is 0 Å². The number of esters is 1. The minimum Gasteiger partial charge on any atom is -0.465 e. The third-order valence-electron chi connectivity index (χ3n) is 2.66. The zero-order chi connectivity index (χ0) is 7.84. The van der Waals surface area contributed by atoms with E-state index in [-0.39, 0.29) is 11.9 Å². The summed E-state index contributed by atoms with van der Waals surface area (Å²) in [6.07, 6.45) is 3.24. The molecule has 3 heteroatoms. The maximum absolute atomic E-state index is 11.1. The fourth-order valence-electron chi connectivity index (χ4n) is 2.00. The van der Waals surface area contributed by atoms with E-state index in [1.54, 1.807) is 0 Å². The first kappa shape index (κ1) is 7.59. The topological polar surface area (TPSA) is 26.3 Å². The van der Waals surface area contributed by atoms with E-state index in [0.29, 0.717) is 17.4 Å². The van der Waals surface area contributed by atoms with E-state index in [2.05, 4.69) is 15.9 Å². The van der Waals surface area contributed by atoms with Crippen LogP contribution in [-0.2, 0) is 9.53 Å². The summed E-state index contributed by atoms with van der Waals surface area (Å²) in [4.78, 5) is 11.7. The average Bonchev–Trinajstić information content (AvgIpc) is 2.32. The molecule has 0 N–H and O–H groups in total. The molecule has 0 aromatic heterocycles. The Morgan fingerprint density at radius 1 is 1.45 bits per heavy atom. The van der Waals surface area contributed by atoms with Crippen LogP contribution in [0.5, 0.6) is 0 Å². The third kappa shape index (κ3) is 1.31. The summed E-state index contributed by atoms with van der Waals surface area (Å²) in [5, 5.41) is 0. The molecule has 0 aromatic carbocycles. The molecule has 1 heterocycles. The molecule has 0 bridgehead atoms. The Morgan fingerprint density at radius 2 is 2.27 bits per heavy atom. The summed E-state index contributed by atoms with van der Waals surface area (Å²) in [6.45, 7) is 0.658. The van der Waals surface area contributed by atoms with Gasteiger partial charge in [0, 0.05) is 10.7 Å². The Kier molecular flexibility index (Phi) is 1.91. The van der Waals surface area contributed by atoms with Crippen molar-refractivity contribution in [2.45, 2.75) is 24.1 Å². The number of halogens is 1. The van der Waals surface area contributed by atoms with Gasteiger partial charge in [-0.2, -0.15) is 0 Å². The summed E-state index contributed by atoms with van der Waals surface area (Å²) >= 11 is 3.58. The summed E-state index contributed by atoms with van der Waals surface area (Å²) in [5.41, 5.74) is 0. The predicted molar refractivity (Wildman–Crippen MR) is 44.5 cm³/mol. The Bertz CT molecular complexity index is 181. The standard InChI is InChI=1S/C8H11BrO2/c9-6-1-2-7-5(3-6)4-11-8(7)10/h5-7H,1-4H2. The van der Waals surface area contributed by atoms with Crippen LogP contribution in [0.4, 0.5) is 0 Å². The van der Waals surface area contributed by atoms with E-state index < -0.39 is 0 Å². The van der Waals surface area contributed by atoms with Crippen molar-refractivity contribution in [3.8, 4) is 0 Å². The molecule has 1 aliphatic carbocycles. The van der Waals surface area contributed by atoms with Gasteiger partial charge in [0.05, 0.1) is 12.5 Å². The highest BCUT2D eigenvalue weighted by atomic mass is 79.9. The summed E-state index contributed by atoms with van der Waals surface area (Å²) in [5.74, 6) is 0.763. The lowest BCUT2D eigenvalue weighted by Gasteiger charge is -2.24. The lowest BCUT2D eigenvalue weighted by molar-refractivity contribution is -0.141. The lowest BCUT2D eigenvalue weighted by atomic mass is 9.81. The first-order valence-corrected chi connectivity index (χ1v) is 4.99. The normalized spacial score (nSPS) is 43.4. The zero-order valence-corrected chi connectivity index (χ0v) is 7.84. The van der Waals surface area contributed by atoms with Crippen LogP contribution >= 0.6 is 15.9 Å². The zero-order valence-electron chi connectivity index (χ0n) is 6.25. The summed E-state index contributed by atoms with van der Waals surface area (Å²) in [7, 11) is 0. The predicted octanol–water partition coefficient (Wildman–Crippen LogP) is 1.72. The van der Waals surface area contributed by atoms with Gasteiger partial charge in [-0.1, -0.05) is 15.9 Å². The fourth-order valence-corrected chi connectivity index (χ4v) is 2.74. The van der Waals surface area contributed by atoms with E-state index >= 15 is 0 Å². The first-order chi connectivity index (χ1) is 5.27. The number of carbonyl (C=O) groups is 1. The molecule has 0 radical (unpaired) electrons. The van der Waals surface area contributed by atoms with Crippen LogP contribution in [0.2, 0.25) is 0 Å². The quantitative estimate of drug-likeness (QED) is 0.458. The van der Waals surface area contributed by atoms with E-state index in [9.17, 15) is 4.79 Å². The highest BCUT2D eigenvalue weighted by Gasteiger charge is 2.40. The van der Waals surface area contributed by atoms with Gasteiger partial charge in [0.15, 0.2) is 0 Å². The number of ether oxygens (including phenoxy) is 1. The van der Waals surface area contributed by atoms with Crippen LogP contribution < -0.4 is 0 Å². The van der Waals surface area contributed by atoms with Crippen LogP contribution in [0, 0.1) is 11.8 Å². The van der Waals surface area contributed by atoms with Gasteiger partial charge >= 0.3 is 5.97 Å². The SMILES string of the molecule is O=C1OCC2CC(Br)CCC12. The molecule has 2 fully saturated rings. The van der Waals surface area contributed by atoms with Crippen LogP contribution in [-0.4, -0.2) is 17.4 Å². The van der Waals surface area contributed by atoms with E-state index in [4.69, 9.17) is 4.74 Å². The minimum absolute atomic E-state index is 0.0365.